The molecule has 3 nitrogen and oxygen atoms in total. The molecule has 1 aromatic carbocycles. The third kappa shape index (κ3) is 5.23. The molecule has 1 N–H and O–H groups in total. The Balaban J connectivity index is 1.59. The van der Waals surface area contributed by atoms with Crippen LogP contribution in [0.1, 0.15) is 31.2 Å². The molecule has 0 spiro atoms. The molecule has 0 bridgehead atoms. The van der Waals surface area contributed by atoms with Crippen LogP contribution in [0.3, 0.4) is 0 Å². The summed E-state index contributed by atoms with van der Waals surface area (Å²) in [6.07, 6.45) is 2.42. The maximum atomic E-state index is 5.36. The molecule has 3 heteroatoms. The van der Waals surface area contributed by atoms with Crippen LogP contribution in [0.2, 0.25) is 0 Å². The van der Waals surface area contributed by atoms with Gasteiger partial charge in [-0.25, -0.2) is 0 Å². The van der Waals surface area contributed by atoms with Gasteiger partial charge in [0.25, 0.3) is 0 Å². The fourth-order valence-electron chi connectivity index (χ4n) is 2.75. The Bertz CT molecular complexity index is 349. The first kappa shape index (κ1) is 15.5. The number of rotatable bonds is 8. The molecule has 0 amide bonds. The molecule has 1 aliphatic rings. The van der Waals surface area contributed by atoms with Crippen molar-refractivity contribution < 1.29 is 4.74 Å². The Labute approximate surface area is 123 Å². The van der Waals surface area contributed by atoms with Crippen LogP contribution >= 0.6 is 0 Å². The van der Waals surface area contributed by atoms with Gasteiger partial charge in [-0.2, -0.15) is 0 Å². The quantitative estimate of drug-likeness (QED) is 0.738. The SMILES string of the molecule is CCC(CNCCCN1CCOCC1)c1ccccc1. The molecular weight excluding hydrogens is 248 g/mol. The Hall–Kier alpha value is -0.900. The number of hydrogen-bond acceptors (Lipinski definition) is 3. The highest BCUT2D eigenvalue weighted by Gasteiger charge is 2.10. The molecule has 1 aliphatic heterocycles. The summed E-state index contributed by atoms with van der Waals surface area (Å²) in [7, 11) is 0. The first-order chi connectivity index (χ1) is 9.90. The minimum absolute atomic E-state index is 0.639. The van der Waals surface area contributed by atoms with Crippen molar-refractivity contribution in [1.82, 2.24) is 10.2 Å². The molecular formula is C17H28N2O. The maximum absolute atomic E-state index is 5.36. The van der Waals surface area contributed by atoms with E-state index in [0.717, 1.165) is 39.4 Å². The zero-order chi connectivity index (χ0) is 14.0. The zero-order valence-corrected chi connectivity index (χ0v) is 12.7. The molecule has 1 atom stereocenters. The summed E-state index contributed by atoms with van der Waals surface area (Å²) in [5.41, 5.74) is 1.45. The number of benzene rings is 1. The van der Waals surface area contributed by atoms with Gasteiger partial charge in [0.1, 0.15) is 0 Å². The van der Waals surface area contributed by atoms with E-state index in [1.165, 1.54) is 24.9 Å². The average molecular weight is 276 g/mol. The summed E-state index contributed by atoms with van der Waals surface area (Å²) in [6, 6.07) is 10.8. The summed E-state index contributed by atoms with van der Waals surface area (Å²) in [5.74, 6) is 0.639. The molecule has 112 valence electrons. The van der Waals surface area contributed by atoms with Gasteiger partial charge in [-0.05, 0) is 37.4 Å². The topological polar surface area (TPSA) is 24.5 Å². The smallest absolute Gasteiger partial charge is 0.0594 e. The first-order valence-corrected chi connectivity index (χ1v) is 7.96. The molecule has 1 fully saturated rings. The monoisotopic (exact) mass is 276 g/mol. The second-order valence-corrected chi connectivity index (χ2v) is 5.53. The molecule has 0 aliphatic carbocycles. The zero-order valence-electron chi connectivity index (χ0n) is 12.7. The second kappa shape index (κ2) is 9.11. The fraction of sp³-hybridized carbons (Fsp3) is 0.647. The van der Waals surface area contributed by atoms with E-state index in [-0.39, 0.29) is 0 Å². The number of morpholine rings is 1. The van der Waals surface area contributed by atoms with Crippen LogP contribution in [0.5, 0.6) is 0 Å². The number of nitrogens with zero attached hydrogens (tertiary/aromatic N) is 1. The summed E-state index contributed by atoms with van der Waals surface area (Å²) in [6.45, 7) is 9.66. The Morgan fingerprint density at radius 3 is 2.65 bits per heavy atom. The Kier molecular flexibility index (Phi) is 7.06. The van der Waals surface area contributed by atoms with E-state index in [4.69, 9.17) is 4.74 Å². The van der Waals surface area contributed by atoms with Gasteiger partial charge in [-0.15, -0.1) is 0 Å². The van der Waals surface area contributed by atoms with Crippen molar-refractivity contribution in [2.24, 2.45) is 0 Å². The summed E-state index contributed by atoms with van der Waals surface area (Å²) in [4.78, 5) is 2.50. The number of ether oxygens (including phenoxy) is 1. The van der Waals surface area contributed by atoms with Crippen LogP contribution in [-0.2, 0) is 4.74 Å². The summed E-state index contributed by atoms with van der Waals surface area (Å²) in [5, 5.41) is 3.62. The van der Waals surface area contributed by atoms with Crippen molar-refractivity contribution >= 4 is 0 Å². The third-order valence-corrected chi connectivity index (χ3v) is 4.09. The lowest BCUT2D eigenvalue weighted by atomic mass is 9.96. The van der Waals surface area contributed by atoms with Crippen molar-refractivity contribution in [3.8, 4) is 0 Å². The molecule has 1 unspecified atom stereocenters. The standard InChI is InChI=1S/C17H28N2O/c1-2-16(17-7-4-3-5-8-17)15-18-9-6-10-19-11-13-20-14-12-19/h3-5,7-8,16,18H,2,6,9-15H2,1H3. The van der Waals surface area contributed by atoms with E-state index in [2.05, 4.69) is 47.5 Å². The highest BCUT2D eigenvalue weighted by atomic mass is 16.5. The highest BCUT2D eigenvalue weighted by molar-refractivity contribution is 5.19. The first-order valence-electron chi connectivity index (χ1n) is 7.96. The maximum Gasteiger partial charge on any atom is 0.0594 e. The van der Waals surface area contributed by atoms with Crippen LogP contribution in [0, 0.1) is 0 Å². The van der Waals surface area contributed by atoms with Crippen molar-refractivity contribution in [1.29, 1.82) is 0 Å². The molecule has 20 heavy (non-hydrogen) atoms. The molecule has 1 saturated heterocycles. The predicted octanol–water partition coefficient (Wildman–Crippen LogP) is 2.49. The molecule has 0 saturated carbocycles. The van der Waals surface area contributed by atoms with Crippen molar-refractivity contribution in [3.63, 3.8) is 0 Å². The average Bonchev–Trinajstić information content (AvgIpc) is 2.53. The summed E-state index contributed by atoms with van der Waals surface area (Å²) >= 11 is 0. The van der Waals surface area contributed by atoms with E-state index in [1.54, 1.807) is 0 Å². The number of hydrogen-bond donors (Lipinski definition) is 1. The van der Waals surface area contributed by atoms with Crippen molar-refractivity contribution in [2.75, 3.05) is 45.9 Å². The largest absolute Gasteiger partial charge is 0.379 e. The molecule has 0 radical (unpaired) electrons. The van der Waals surface area contributed by atoms with E-state index < -0.39 is 0 Å². The minimum atomic E-state index is 0.639. The van der Waals surface area contributed by atoms with Crippen LogP contribution in [0.4, 0.5) is 0 Å². The van der Waals surface area contributed by atoms with Crippen molar-refractivity contribution in [2.45, 2.75) is 25.7 Å². The van der Waals surface area contributed by atoms with Gasteiger partial charge in [0.2, 0.25) is 0 Å². The minimum Gasteiger partial charge on any atom is -0.379 e. The molecule has 2 rings (SSSR count). The third-order valence-electron chi connectivity index (χ3n) is 4.09. The van der Waals surface area contributed by atoms with Gasteiger partial charge < -0.3 is 10.1 Å². The van der Waals surface area contributed by atoms with E-state index in [0.29, 0.717) is 5.92 Å². The number of nitrogens with one attached hydrogen (secondary N) is 1. The van der Waals surface area contributed by atoms with Crippen molar-refractivity contribution in [3.05, 3.63) is 35.9 Å². The molecule has 0 aromatic heterocycles. The lowest BCUT2D eigenvalue weighted by molar-refractivity contribution is 0.0374. The van der Waals surface area contributed by atoms with Crippen LogP contribution in [-0.4, -0.2) is 50.8 Å². The van der Waals surface area contributed by atoms with Gasteiger partial charge in [-0.1, -0.05) is 37.3 Å². The normalized spacial score (nSPS) is 18.1. The van der Waals surface area contributed by atoms with E-state index in [1.807, 2.05) is 0 Å². The fourth-order valence-corrected chi connectivity index (χ4v) is 2.75. The molecule has 1 heterocycles. The van der Waals surface area contributed by atoms with Gasteiger partial charge in [0.15, 0.2) is 0 Å². The second-order valence-electron chi connectivity index (χ2n) is 5.53. The Morgan fingerprint density at radius 1 is 1.20 bits per heavy atom. The van der Waals surface area contributed by atoms with E-state index in [9.17, 15) is 0 Å². The predicted molar refractivity (Wildman–Crippen MR) is 84.2 cm³/mol. The highest BCUT2D eigenvalue weighted by Crippen LogP contribution is 2.17. The van der Waals surface area contributed by atoms with Crippen LogP contribution in [0.15, 0.2) is 30.3 Å². The van der Waals surface area contributed by atoms with Gasteiger partial charge in [-0.3, -0.25) is 4.90 Å². The van der Waals surface area contributed by atoms with Gasteiger partial charge >= 0.3 is 0 Å². The Morgan fingerprint density at radius 2 is 1.95 bits per heavy atom. The van der Waals surface area contributed by atoms with Crippen LogP contribution in [0.25, 0.3) is 0 Å². The van der Waals surface area contributed by atoms with Gasteiger partial charge in [0, 0.05) is 19.6 Å². The molecule has 1 aromatic rings. The lowest BCUT2D eigenvalue weighted by Crippen LogP contribution is -2.37. The summed E-state index contributed by atoms with van der Waals surface area (Å²) < 4.78 is 5.36. The van der Waals surface area contributed by atoms with Gasteiger partial charge in [0.05, 0.1) is 13.2 Å². The van der Waals surface area contributed by atoms with E-state index >= 15 is 0 Å². The van der Waals surface area contributed by atoms with Crippen LogP contribution < -0.4 is 5.32 Å². The lowest BCUT2D eigenvalue weighted by Gasteiger charge is -2.26.